The van der Waals surface area contributed by atoms with Crippen LogP contribution in [0.15, 0.2) is 82.0 Å². The van der Waals surface area contributed by atoms with Gasteiger partial charge in [0.25, 0.3) is 0 Å². The number of amides is 1. The Morgan fingerprint density at radius 3 is 2.74 bits per heavy atom. The first-order valence-electron chi connectivity index (χ1n) is 8.23. The summed E-state index contributed by atoms with van der Waals surface area (Å²) in [7, 11) is 0. The molecule has 0 saturated heterocycles. The van der Waals surface area contributed by atoms with Gasteiger partial charge in [0.2, 0.25) is 11.8 Å². The van der Waals surface area contributed by atoms with Crippen LogP contribution in [0.25, 0.3) is 28.6 Å². The van der Waals surface area contributed by atoms with Crippen molar-refractivity contribution in [2.24, 2.45) is 0 Å². The zero-order valence-electron chi connectivity index (χ0n) is 14.1. The van der Waals surface area contributed by atoms with Crippen molar-refractivity contribution in [3.05, 3.63) is 83.1 Å². The fourth-order valence-corrected chi connectivity index (χ4v) is 2.94. The topological polar surface area (TPSA) is 68.0 Å². The van der Waals surface area contributed by atoms with Gasteiger partial charge in [-0.05, 0) is 51.8 Å². The maximum absolute atomic E-state index is 12.1. The van der Waals surface area contributed by atoms with E-state index in [1.807, 2.05) is 36.4 Å². The van der Waals surface area contributed by atoms with E-state index in [1.165, 1.54) is 6.08 Å². The summed E-state index contributed by atoms with van der Waals surface area (Å²) < 4.78 is 6.62. The zero-order chi connectivity index (χ0) is 18.6. The van der Waals surface area contributed by atoms with Gasteiger partial charge in [0.15, 0.2) is 5.58 Å². The number of carbonyl (C=O) groups is 1. The summed E-state index contributed by atoms with van der Waals surface area (Å²) in [6.45, 7) is 0. The summed E-state index contributed by atoms with van der Waals surface area (Å²) >= 11 is 3.39. The molecule has 0 radical (unpaired) electrons. The number of nitrogens with zero attached hydrogens (tertiary/aromatic N) is 2. The third-order valence-corrected chi connectivity index (χ3v) is 4.27. The molecule has 1 N–H and O–H groups in total. The van der Waals surface area contributed by atoms with Gasteiger partial charge in [-0.25, -0.2) is 4.98 Å². The van der Waals surface area contributed by atoms with Crippen molar-refractivity contribution in [3.8, 4) is 11.5 Å². The highest BCUT2D eigenvalue weighted by Gasteiger charge is 2.10. The largest absolute Gasteiger partial charge is 0.436 e. The second-order valence-corrected chi connectivity index (χ2v) is 6.74. The number of oxazole rings is 1. The molecule has 27 heavy (non-hydrogen) atoms. The lowest BCUT2D eigenvalue weighted by Gasteiger charge is -2.01. The minimum atomic E-state index is -0.210. The summed E-state index contributed by atoms with van der Waals surface area (Å²) in [5.74, 6) is 0.268. The number of halogens is 1. The lowest BCUT2D eigenvalue weighted by molar-refractivity contribution is -0.111. The fourth-order valence-electron chi connectivity index (χ4n) is 2.58. The van der Waals surface area contributed by atoms with E-state index in [0.717, 1.165) is 15.6 Å². The molecule has 0 bridgehead atoms. The number of hydrogen-bond acceptors (Lipinski definition) is 4. The smallest absolute Gasteiger partial charge is 0.248 e. The van der Waals surface area contributed by atoms with Gasteiger partial charge < -0.3 is 9.73 Å². The maximum Gasteiger partial charge on any atom is 0.248 e. The quantitative estimate of drug-likeness (QED) is 0.455. The maximum atomic E-state index is 12.1. The van der Waals surface area contributed by atoms with Gasteiger partial charge in [0, 0.05) is 28.6 Å². The normalized spacial score (nSPS) is 11.1. The van der Waals surface area contributed by atoms with E-state index < -0.39 is 0 Å². The van der Waals surface area contributed by atoms with Crippen molar-refractivity contribution in [1.82, 2.24) is 9.97 Å². The third kappa shape index (κ3) is 4.12. The molecule has 0 saturated carbocycles. The first kappa shape index (κ1) is 17.2. The van der Waals surface area contributed by atoms with Gasteiger partial charge in [-0.15, -0.1) is 0 Å². The van der Waals surface area contributed by atoms with Crippen molar-refractivity contribution >= 4 is 44.7 Å². The Hall–Kier alpha value is -3.25. The van der Waals surface area contributed by atoms with Crippen LogP contribution < -0.4 is 5.32 Å². The van der Waals surface area contributed by atoms with Crippen LogP contribution in [0.1, 0.15) is 5.56 Å². The summed E-state index contributed by atoms with van der Waals surface area (Å²) in [5.41, 5.74) is 3.69. The van der Waals surface area contributed by atoms with Crippen LogP contribution in [0.2, 0.25) is 0 Å². The van der Waals surface area contributed by atoms with Gasteiger partial charge in [0.1, 0.15) is 5.52 Å². The number of nitrogens with one attached hydrogen (secondary N) is 1. The summed E-state index contributed by atoms with van der Waals surface area (Å²) in [5, 5.41) is 2.84. The number of carbonyl (C=O) groups excluding carboxylic acids is 1. The van der Waals surface area contributed by atoms with Crippen molar-refractivity contribution in [3.63, 3.8) is 0 Å². The minimum Gasteiger partial charge on any atom is -0.436 e. The molecule has 2 aromatic carbocycles. The predicted octanol–water partition coefficient (Wildman–Crippen LogP) is 5.30. The highest BCUT2D eigenvalue weighted by Crippen LogP contribution is 2.27. The highest BCUT2D eigenvalue weighted by molar-refractivity contribution is 9.10. The molecule has 0 aliphatic carbocycles. The number of benzene rings is 2. The molecular weight excluding hydrogens is 406 g/mol. The van der Waals surface area contributed by atoms with Crippen LogP contribution in [0.4, 0.5) is 5.69 Å². The molecule has 0 aliphatic heterocycles. The van der Waals surface area contributed by atoms with Crippen LogP contribution in [-0.2, 0) is 4.79 Å². The van der Waals surface area contributed by atoms with Crippen LogP contribution in [0, 0.1) is 0 Å². The number of aromatic nitrogens is 2. The fraction of sp³-hybridized carbons (Fsp3) is 0. The van der Waals surface area contributed by atoms with Gasteiger partial charge in [-0.2, -0.15) is 0 Å². The van der Waals surface area contributed by atoms with Gasteiger partial charge in [-0.1, -0.05) is 30.3 Å². The Bertz CT molecular complexity index is 1140. The zero-order valence-corrected chi connectivity index (χ0v) is 15.7. The predicted molar refractivity (Wildman–Crippen MR) is 109 cm³/mol. The van der Waals surface area contributed by atoms with Gasteiger partial charge in [-0.3, -0.25) is 9.78 Å². The monoisotopic (exact) mass is 419 g/mol. The average molecular weight is 420 g/mol. The van der Waals surface area contributed by atoms with E-state index in [-0.39, 0.29) is 5.91 Å². The Morgan fingerprint density at radius 2 is 1.93 bits per heavy atom. The number of pyridine rings is 1. The lowest BCUT2D eigenvalue weighted by Crippen LogP contribution is -2.07. The molecule has 2 aromatic heterocycles. The van der Waals surface area contributed by atoms with Gasteiger partial charge in [0.05, 0.1) is 5.56 Å². The lowest BCUT2D eigenvalue weighted by atomic mass is 10.2. The van der Waals surface area contributed by atoms with Gasteiger partial charge >= 0.3 is 0 Å². The molecule has 0 aliphatic rings. The number of rotatable bonds is 4. The third-order valence-electron chi connectivity index (χ3n) is 3.83. The molecule has 5 nitrogen and oxygen atoms in total. The Balaban J connectivity index is 1.53. The van der Waals surface area contributed by atoms with Crippen molar-refractivity contribution in [1.29, 1.82) is 0 Å². The standard InChI is InChI=1S/C21H14BrN3O2/c22-16-10-15(12-23-13-16)21-25-18-11-17(7-8-19(18)27-21)24-20(26)9-6-14-4-2-1-3-5-14/h1-13H,(H,24,26)/b9-6+. The first-order chi connectivity index (χ1) is 13.2. The number of anilines is 1. The summed E-state index contributed by atoms with van der Waals surface area (Å²) in [4.78, 5) is 20.7. The highest BCUT2D eigenvalue weighted by atomic mass is 79.9. The molecule has 0 unspecified atom stereocenters. The SMILES string of the molecule is O=C(/C=C/c1ccccc1)Nc1ccc2oc(-c3cncc(Br)c3)nc2c1. The first-order valence-corrected chi connectivity index (χ1v) is 9.02. The molecule has 0 spiro atoms. The second kappa shape index (κ2) is 7.55. The second-order valence-electron chi connectivity index (χ2n) is 5.83. The molecule has 4 aromatic rings. The molecule has 0 fully saturated rings. The molecule has 6 heteroatoms. The van der Waals surface area contributed by atoms with E-state index in [2.05, 4.69) is 31.2 Å². The molecule has 4 rings (SSSR count). The van der Waals surface area contributed by atoms with Crippen molar-refractivity contribution in [2.75, 3.05) is 5.32 Å². The van der Waals surface area contributed by atoms with Crippen molar-refractivity contribution < 1.29 is 9.21 Å². The van der Waals surface area contributed by atoms with Crippen LogP contribution in [0.5, 0.6) is 0 Å². The molecule has 0 atom stereocenters. The molecule has 2 heterocycles. The van der Waals surface area contributed by atoms with Crippen LogP contribution in [-0.4, -0.2) is 15.9 Å². The number of hydrogen-bond donors (Lipinski definition) is 1. The number of fused-ring (bicyclic) bond motifs is 1. The molecule has 132 valence electrons. The van der Waals surface area contributed by atoms with Crippen LogP contribution >= 0.6 is 15.9 Å². The van der Waals surface area contributed by atoms with E-state index in [4.69, 9.17) is 4.42 Å². The van der Waals surface area contributed by atoms with Crippen LogP contribution in [0.3, 0.4) is 0 Å². The summed E-state index contributed by atoms with van der Waals surface area (Å²) in [6, 6.07) is 16.9. The Kier molecular flexibility index (Phi) is 4.80. The molecule has 1 amide bonds. The molecular formula is C21H14BrN3O2. The van der Waals surface area contributed by atoms with E-state index in [9.17, 15) is 4.79 Å². The Morgan fingerprint density at radius 1 is 1.07 bits per heavy atom. The minimum absolute atomic E-state index is 0.210. The summed E-state index contributed by atoms with van der Waals surface area (Å²) in [6.07, 6.45) is 6.65. The van der Waals surface area contributed by atoms with E-state index in [0.29, 0.717) is 22.7 Å². The van der Waals surface area contributed by atoms with E-state index >= 15 is 0 Å². The van der Waals surface area contributed by atoms with E-state index in [1.54, 1.807) is 36.7 Å². The van der Waals surface area contributed by atoms with Crippen molar-refractivity contribution in [2.45, 2.75) is 0 Å². The Labute approximate surface area is 163 Å². The average Bonchev–Trinajstić information content (AvgIpc) is 3.11.